The Morgan fingerprint density at radius 2 is 1.78 bits per heavy atom. The first-order valence-corrected chi connectivity index (χ1v) is 9.86. The van der Waals surface area contributed by atoms with E-state index in [9.17, 15) is 4.79 Å². The van der Waals surface area contributed by atoms with Crippen LogP contribution in [0.3, 0.4) is 0 Å². The molecule has 4 heteroatoms. The predicted octanol–water partition coefficient (Wildman–Crippen LogP) is 3.79. The van der Waals surface area contributed by atoms with Gasteiger partial charge in [-0.2, -0.15) is 0 Å². The number of piperidine rings is 1. The molecule has 0 saturated carbocycles. The smallest absolute Gasteiger partial charge is 0.223 e. The SMILES string of the molecule is Cc1ccc(OC[C@@H](C)NC(=O)C2CCN(Cc3ccccc3)CC2)cc1. The van der Waals surface area contributed by atoms with Crippen molar-refractivity contribution in [2.45, 2.75) is 39.3 Å². The third kappa shape index (κ3) is 6.10. The summed E-state index contributed by atoms with van der Waals surface area (Å²) >= 11 is 0. The molecule has 0 bridgehead atoms. The Balaban J connectivity index is 1.37. The molecule has 1 saturated heterocycles. The van der Waals surface area contributed by atoms with Crippen LogP contribution in [-0.4, -0.2) is 36.5 Å². The lowest BCUT2D eigenvalue weighted by atomic mass is 9.95. The van der Waals surface area contributed by atoms with Gasteiger partial charge in [0.15, 0.2) is 0 Å². The summed E-state index contributed by atoms with van der Waals surface area (Å²) in [5.41, 5.74) is 2.55. The number of nitrogens with one attached hydrogen (secondary N) is 1. The van der Waals surface area contributed by atoms with Crippen LogP contribution in [0.1, 0.15) is 30.9 Å². The number of nitrogens with zero attached hydrogens (tertiary/aromatic N) is 1. The summed E-state index contributed by atoms with van der Waals surface area (Å²) in [4.78, 5) is 15.0. The summed E-state index contributed by atoms with van der Waals surface area (Å²) < 4.78 is 5.77. The number of hydrogen-bond donors (Lipinski definition) is 1. The lowest BCUT2D eigenvalue weighted by Gasteiger charge is -2.31. The van der Waals surface area contributed by atoms with Gasteiger partial charge in [-0.3, -0.25) is 9.69 Å². The zero-order valence-corrected chi connectivity index (χ0v) is 16.4. The molecular weight excluding hydrogens is 336 g/mol. The zero-order valence-electron chi connectivity index (χ0n) is 16.4. The van der Waals surface area contributed by atoms with Gasteiger partial charge >= 0.3 is 0 Å². The van der Waals surface area contributed by atoms with Gasteiger partial charge in [-0.05, 0) is 57.5 Å². The molecule has 1 aliphatic heterocycles. The van der Waals surface area contributed by atoms with Crippen LogP contribution in [0.15, 0.2) is 54.6 Å². The molecule has 0 aromatic heterocycles. The molecule has 4 nitrogen and oxygen atoms in total. The number of hydrogen-bond acceptors (Lipinski definition) is 3. The molecule has 1 amide bonds. The van der Waals surface area contributed by atoms with Crippen molar-refractivity contribution in [1.29, 1.82) is 0 Å². The van der Waals surface area contributed by atoms with E-state index in [0.29, 0.717) is 6.61 Å². The first-order valence-electron chi connectivity index (χ1n) is 9.86. The van der Waals surface area contributed by atoms with Gasteiger partial charge < -0.3 is 10.1 Å². The maximum atomic E-state index is 12.5. The quantitative estimate of drug-likeness (QED) is 0.811. The van der Waals surface area contributed by atoms with E-state index in [1.807, 2.05) is 37.3 Å². The Morgan fingerprint density at radius 3 is 2.44 bits per heavy atom. The van der Waals surface area contributed by atoms with Crippen LogP contribution in [0.2, 0.25) is 0 Å². The lowest BCUT2D eigenvalue weighted by Crippen LogP contribution is -2.44. The molecule has 1 aliphatic rings. The molecule has 3 rings (SSSR count). The van der Waals surface area contributed by atoms with E-state index in [0.717, 1.165) is 38.2 Å². The number of carbonyl (C=O) groups excluding carboxylic acids is 1. The Labute approximate surface area is 162 Å². The minimum Gasteiger partial charge on any atom is -0.491 e. The van der Waals surface area contributed by atoms with Crippen molar-refractivity contribution < 1.29 is 9.53 Å². The molecule has 1 N–H and O–H groups in total. The summed E-state index contributed by atoms with van der Waals surface area (Å²) in [7, 11) is 0. The van der Waals surface area contributed by atoms with Gasteiger partial charge in [0.1, 0.15) is 12.4 Å². The average molecular weight is 367 g/mol. The maximum absolute atomic E-state index is 12.5. The first kappa shape index (κ1) is 19.4. The summed E-state index contributed by atoms with van der Waals surface area (Å²) in [6, 6.07) is 18.5. The first-order chi connectivity index (χ1) is 13.1. The van der Waals surface area contributed by atoms with Gasteiger partial charge in [0.25, 0.3) is 0 Å². The van der Waals surface area contributed by atoms with E-state index >= 15 is 0 Å². The van der Waals surface area contributed by atoms with Gasteiger partial charge in [0, 0.05) is 12.5 Å². The molecule has 1 atom stereocenters. The van der Waals surface area contributed by atoms with Crippen LogP contribution in [0.5, 0.6) is 5.75 Å². The van der Waals surface area contributed by atoms with E-state index in [1.54, 1.807) is 0 Å². The third-order valence-electron chi connectivity index (χ3n) is 5.12. The monoisotopic (exact) mass is 366 g/mol. The fourth-order valence-corrected chi connectivity index (χ4v) is 3.45. The summed E-state index contributed by atoms with van der Waals surface area (Å²) in [6.07, 6.45) is 1.84. The largest absolute Gasteiger partial charge is 0.491 e. The van der Waals surface area contributed by atoms with Crippen molar-refractivity contribution in [1.82, 2.24) is 10.2 Å². The van der Waals surface area contributed by atoms with Crippen LogP contribution in [-0.2, 0) is 11.3 Å². The standard InChI is InChI=1S/C23H30N2O2/c1-18-8-10-22(11-9-18)27-17-19(2)24-23(26)21-12-14-25(15-13-21)16-20-6-4-3-5-7-20/h3-11,19,21H,12-17H2,1-2H3,(H,24,26)/t19-/m1/s1. The van der Waals surface area contributed by atoms with Crippen LogP contribution in [0, 0.1) is 12.8 Å². The number of rotatable bonds is 7. The van der Waals surface area contributed by atoms with Gasteiger partial charge in [-0.15, -0.1) is 0 Å². The van der Waals surface area contributed by atoms with Gasteiger partial charge in [-0.25, -0.2) is 0 Å². The average Bonchev–Trinajstić information content (AvgIpc) is 2.69. The Kier molecular flexibility index (Phi) is 6.88. The molecule has 144 valence electrons. The molecule has 0 radical (unpaired) electrons. The highest BCUT2D eigenvalue weighted by molar-refractivity contribution is 5.79. The number of aryl methyl sites for hydroxylation is 1. The van der Waals surface area contributed by atoms with Gasteiger partial charge in [0.05, 0.1) is 6.04 Å². The highest BCUT2D eigenvalue weighted by Gasteiger charge is 2.25. The minimum atomic E-state index is 0.00107. The summed E-state index contributed by atoms with van der Waals surface area (Å²) in [6.45, 7) is 7.45. The summed E-state index contributed by atoms with van der Waals surface area (Å²) in [5.74, 6) is 1.11. The second-order valence-electron chi connectivity index (χ2n) is 7.57. The second kappa shape index (κ2) is 9.56. The molecule has 1 heterocycles. The number of benzene rings is 2. The van der Waals surface area contributed by atoms with Crippen LogP contribution >= 0.6 is 0 Å². The highest BCUT2D eigenvalue weighted by atomic mass is 16.5. The fraction of sp³-hybridized carbons (Fsp3) is 0.435. The Bertz CT molecular complexity index is 707. The van der Waals surface area contributed by atoms with Crippen molar-refractivity contribution in [3.63, 3.8) is 0 Å². The Morgan fingerprint density at radius 1 is 1.11 bits per heavy atom. The van der Waals surface area contributed by atoms with Crippen LogP contribution in [0.4, 0.5) is 0 Å². The van der Waals surface area contributed by atoms with E-state index in [-0.39, 0.29) is 17.9 Å². The number of ether oxygens (including phenoxy) is 1. The van der Waals surface area contributed by atoms with Crippen molar-refractivity contribution in [3.8, 4) is 5.75 Å². The number of carbonyl (C=O) groups is 1. The number of likely N-dealkylation sites (tertiary alicyclic amines) is 1. The Hall–Kier alpha value is -2.33. The van der Waals surface area contributed by atoms with E-state index in [2.05, 4.69) is 41.4 Å². The molecule has 0 spiro atoms. The van der Waals surface area contributed by atoms with Crippen molar-refractivity contribution in [2.24, 2.45) is 5.92 Å². The van der Waals surface area contributed by atoms with Crippen molar-refractivity contribution in [3.05, 3.63) is 65.7 Å². The van der Waals surface area contributed by atoms with E-state index < -0.39 is 0 Å². The molecule has 2 aromatic rings. The second-order valence-corrected chi connectivity index (χ2v) is 7.57. The molecule has 0 aliphatic carbocycles. The maximum Gasteiger partial charge on any atom is 0.223 e. The normalized spacial score (nSPS) is 16.7. The predicted molar refractivity (Wildman–Crippen MR) is 109 cm³/mol. The number of amides is 1. The van der Waals surface area contributed by atoms with E-state index in [4.69, 9.17) is 4.74 Å². The van der Waals surface area contributed by atoms with E-state index in [1.165, 1.54) is 11.1 Å². The topological polar surface area (TPSA) is 41.6 Å². The molecule has 1 fully saturated rings. The third-order valence-corrected chi connectivity index (χ3v) is 5.12. The van der Waals surface area contributed by atoms with Crippen molar-refractivity contribution >= 4 is 5.91 Å². The fourth-order valence-electron chi connectivity index (χ4n) is 3.45. The van der Waals surface area contributed by atoms with Crippen molar-refractivity contribution in [2.75, 3.05) is 19.7 Å². The zero-order chi connectivity index (χ0) is 19.1. The molecule has 2 aromatic carbocycles. The lowest BCUT2D eigenvalue weighted by molar-refractivity contribution is -0.127. The van der Waals surface area contributed by atoms with Gasteiger partial charge in [0.2, 0.25) is 5.91 Å². The van der Waals surface area contributed by atoms with Crippen LogP contribution < -0.4 is 10.1 Å². The van der Waals surface area contributed by atoms with Crippen LogP contribution in [0.25, 0.3) is 0 Å². The van der Waals surface area contributed by atoms with Gasteiger partial charge in [-0.1, -0.05) is 48.0 Å². The highest BCUT2D eigenvalue weighted by Crippen LogP contribution is 2.19. The minimum absolute atomic E-state index is 0.00107. The molecule has 27 heavy (non-hydrogen) atoms. The molecular formula is C23H30N2O2. The molecule has 0 unspecified atom stereocenters. The summed E-state index contributed by atoms with van der Waals surface area (Å²) in [5, 5.41) is 3.11.